The molecule has 2 amide bonds. The maximum Gasteiger partial charge on any atom is 0.279 e. The summed E-state index contributed by atoms with van der Waals surface area (Å²) in [5, 5.41) is 0. The van der Waals surface area contributed by atoms with E-state index in [1.807, 2.05) is 20.8 Å². The molecule has 0 spiro atoms. The van der Waals surface area contributed by atoms with Crippen LogP contribution in [0.2, 0.25) is 0 Å². The van der Waals surface area contributed by atoms with Gasteiger partial charge in [0.05, 0.1) is 10.6 Å². The minimum absolute atomic E-state index is 0.0309. The number of rotatable bonds is 10. The number of fused-ring (bicyclic) bond motifs is 1. The van der Waals surface area contributed by atoms with Crippen LogP contribution in [-0.2, 0) is 21.2 Å². The number of amides is 2. The number of carbonyl (C=O) groups excluding carboxylic acids is 2. The van der Waals surface area contributed by atoms with Gasteiger partial charge in [0.15, 0.2) is 11.5 Å². The molecule has 1 aliphatic rings. The monoisotopic (exact) mass is 567 g/mol. The van der Waals surface area contributed by atoms with Crippen LogP contribution in [0, 0.1) is 0 Å². The molecule has 0 aliphatic carbocycles. The fraction of sp³-hybridized carbons (Fsp3) is 0.345. The van der Waals surface area contributed by atoms with Gasteiger partial charge in [0.1, 0.15) is 11.4 Å². The lowest BCUT2D eigenvalue weighted by atomic mass is 10.0. The van der Waals surface area contributed by atoms with E-state index in [9.17, 15) is 18.0 Å². The fourth-order valence-corrected chi connectivity index (χ4v) is 5.10. The average molecular weight is 568 g/mol. The highest BCUT2D eigenvalue weighted by atomic mass is 32.2. The minimum atomic E-state index is -4.21. The average Bonchev–Trinajstić information content (AvgIpc) is 3.39. The van der Waals surface area contributed by atoms with Gasteiger partial charge < -0.3 is 19.1 Å². The number of nitrogens with zero attached hydrogens (tertiary/aromatic N) is 2. The summed E-state index contributed by atoms with van der Waals surface area (Å²) >= 11 is 0. The molecule has 0 saturated heterocycles. The van der Waals surface area contributed by atoms with Crippen molar-refractivity contribution in [1.82, 2.24) is 14.6 Å². The molecule has 4 rings (SSSR count). The number of aromatic nitrogens is 1. The van der Waals surface area contributed by atoms with E-state index in [1.54, 1.807) is 50.5 Å². The lowest BCUT2D eigenvalue weighted by molar-refractivity contribution is -0.126. The summed E-state index contributed by atoms with van der Waals surface area (Å²) in [5.74, 6) is 0.214. The van der Waals surface area contributed by atoms with Crippen molar-refractivity contribution < 1.29 is 32.2 Å². The van der Waals surface area contributed by atoms with Crippen LogP contribution < -0.4 is 18.9 Å². The Kier molecular flexibility index (Phi) is 8.63. The molecule has 1 aromatic heterocycles. The molecular weight excluding hydrogens is 534 g/mol. The number of hydrogen-bond acceptors (Lipinski definition) is 8. The molecule has 1 unspecified atom stereocenters. The summed E-state index contributed by atoms with van der Waals surface area (Å²) in [4.78, 5) is 31.9. The SMILES string of the molecule is CCCc1nc(C(=O)N(C)C)ccc1OC(C(=O)NS(=O)(=O)c1ccc(C(C)C)cc1)c1ccc2c(c1)OCO2. The summed E-state index contributed by atoms with van der Waals surface area (Å²) in [6.45, 7) is 5.99. The van der Waals surface area contributed by atoms with Crippen LogP contribution in [0.15, 0.2) is 59.5 Å². The lowest BCUT2D eigenvalue weighted by Crippen LogP contribution is -2.37. The second-order valence-electron chi connectivity index (χ2n) is 9.89. The molecule has 0 bridgehead atoms. The summed E-state index contributed by atoms with van der Waals surface area (Å²) in [6, 6.07) is 14.3. The standard InChI is InChI=1S/C29H33N3O7S/c1-6-7-22-24(15-13-23(30-22)29(34)32(4)5)39-27(20-10-14-25-26(16-20)38-17-37-25)28(33)31-40(35,36)21-11-8-19(9-12-21)18(2)3/h8-16,18,27H,6-7,17H2,1-5H3,(H,31,33). The molecule has 2 heterocycles. The van der Waals surface area contributed by atoms with E-state index in [0.717, 1.165) is 5.56 Å². The van der Waals surface area contributed by atoms with Gasteiger partial charge in [0.25, 0.3) is 21.8 Å². The van der Waals surface area contributed by atoms with Gasteiger partial charge in [-0.15, -0.1) is 0 Å². The maximum absolute atomic E-state index is 13.6. The lowest BCUT2D eigenvalue weighted by Gasteiger charge is -2.21. The van der Waals surface area contributed by atoms with Crippen LogP contribution in [0.1, 0.15) is 66.5 Å². The molecule has 1 aliphatic heterocycles. The zero-order valence-electron chi connectivity index (χ0n) is 23.1. The van der Waals surface area contributed by atoms with Crippen LogP contribution in [0.4, 0.5) is 0 Å². The molecule has 1 atom stereocenters. The van der Waals surface area contributed by atoms with Gasteiger partial charge in [0.2, 0.25) is 12.9 Å². The summed E-state index contributed by atoms with van der Waals surface area (Å²) < 4.78 is 45.5. The molecule has 0 radical (unpaired) electrons. The van der Waals surface area contributed by atoms with Gasteiger partial charge in [-0.05, 0) is 54.3 Å². The molecule has 40 heavy (non-hydrogen) atoms. The van der Waals surface area contributed by atoms with Crippen molar-refractivity contribution in [3.63, 3.8) is 0 Å². The summed E-state index contributed by atoms with van der Waals surface area (Å²) in [7, 11) is -0.948. The number of ether oxygens (including phenoxy) is 3. The first-order chi connectivity index (χ1) is 19.0. The number of carbonyl (C=O) groups is 2. The second-order valence-corrected chi connectivity index (χ2v) is 11.6. The quantitative estimate of drug-likeness (QED) is 0.386. The normalized spacial score (nSPS) is 13.2. The largest absolute Gasteiger partial charge is 0.474 e. The molecular formula is C29H33N3O7S. The zero-order chi connectivity index (χ0) is 29.0. The summed E-state index contributed by atoms with van der Waals surface area (Å²) in [6.07, 6.45) is -0.211. The second kappa shape index (κ2) is 12.0. The van der Waals surface area contributed by atoms with Crippen molar-refractivity contribution >= 4 is 21.8 Å². The Balaban J connectivity index is 1.69. The summed E-state index contributed by atoms with van der Waals surface area (Å²) in [5.41, 5.74) is 2.03. The Morgan fingerprint density at radius 3 is 2.33 bits per heavy atom. The third kappa shape index (κ3) is 6.36. The maximum atomic E-state index is 13.6. The topological polar surface area (TPSA) is 124 Å². The molecule has 10 nitrogen and oxygen atoms in total. The highest BCUT2D eigenvalue weighted by Crippen LogP contribution is 2.36. The molecule has 2 aromatic carbocycles. The van der Waals surface area contributed by atoms with Gasteiger partial charge in [0, 0.05) is 19.7 Å². The van der Waals surface area contributed by atoms with Gasteiger partial charge in [-0.1, -0.05) is 45.4 Å². The number of pyridine rings is 1. The van der Waals surface area contributed by atoms with Crippen molar-refractivity contribution in [2.75, 3.05) is 20.9 Å². The number of hydrogen-bond donors (Lipinski definition) is 1. The number of sulfonamides is 1. The van der Waals surface area contributed by atoms with E-state index < -0.39 is 22.0 Å². The first kappa shape index (κ1) is 28.9. The first-order valence-corrected chi connectivity index (χ1v) is 14.4. The van der Waals surface area contributed by atoms with Crippen LogP contribution in [-0.4, -0.2) is 51.0 Å². The van der Waals surface area contributed by atoms with Crippen LogP contribution in [0.25, 0.3) is 0 Å². The zero-order valence-corrected chi connectivity index (χ0v) is 23.9. The van der Waals surface area contributed by atoms with Crippen molar-refractivity contribution in [3.8, 4) is 17.2 Å². The van der Waals surface area contributed by atoms with Crippen LogP contribution in [0.3, 0.4) is 0 Å². The third-order valence-corrected chi connectivity index (χ3v) is 7.68. The number of benzene rings is 2. The minimum Gasteiger partial charge on any atom is -0.474 e. The van der Waals surface area contributed by atoms with Gasteiger partial charge in [-0.3, -0.25) is 9.59 Å². The molecule has 11 heteroatoms. The third-order valence-electron chi connectivity index (χ3n) is 6.32. The highest BCUT2D eigenvalue weighted by molar-refractivity contribution is 7.90. The predicted octanol–water partition coefficient (Wildman–Crippen LogP) is 4.21. The number of aryl methyl sites for hydroxylation is 1. The Hall–Kier alpha value is -4.12. The van der Waals surface area contributed by atoms with Crippen LogP contribution >= 0.6 is 0 Å². The molecule has 212 valence electrons. The molecule has 3 aromatic rings. The van der Waals surface area contributed by atoms with Gasteiger partial charge >= 0.3 is 0 Å². The van der Waals surface area contributed by atoms with E-state index in [1.165, 1.54) is 23.1 Å². The highest BCUT2D eigenvalue weighted by Gasteiger charge is 2.30. The number of nitrogens with one attached hydrogen (secondary N) is 1. The first-order valence-electron chi connectivity index (χ1n) is 12.9. The van der Waals surface area contributed by atoms with E-state index in [-0.39, 0.29) is 35.0 Å². The fourth-order valence-electron chi connectivity index (χ4n) is 4.11. The Bertz CT molecular complexity index is 1500. The molecule has 1 N–H and O–H groups in total. The van der Waals surface area contributed by atoms with Gasteiger partial charge in [-0.2, -0.15) is 0 Å². The molecule has 0 fully saturated rings. The molecule has 0 saturated carbocycles. The van der Waals surface area contributed by atoms with Crippen molar-refractivity contribution in [1.29, 1.82) is 0 Å². The van der Waals surface area contributed by atoms with E-state index >= 15 is 0 Å². The Labute approximate surface area is 234 Å². The van der Waals surface area contributed by atoms with Crippen LogP contribution in [0.5, 0.6) is 17.2 Å². The Morgan fingerprint density at radius 1 is 1.00 bits per heavy atom. The predicted molar refractivity (Wildman–Crippen MR) is 148 cm³/mol. The van der Waals surface area contributed by atoms with Crippen molar-refractivity contribution in [2.24, 2.45) is 0 Å². The van der Waals surface area contributed by atoms with Crippen molar-refractivity contribution in [3.05, 3.63) is 77.1 Å². The van der Waals surface area contributed by atoms with E-state index in [4.69, 9.17) is 14.2 Å². The smallest absolute Gasteiger partial charge is 0.279 e. The van der Waals surface area contributed by atoms with Crippen molar-refractivity contribution in [2.45, 2.75) is 50.5 Å². The van der Waals surface area contributed by atoms with E-state index in [0.29, 0.717) is 35.6 Å². The Morgan fingerprint density at radius 2 is 1.68 bits per heavy atom. The van der Waals surface area contributed by atoms with E-state index in [2.05, 4.69) is 9.71 Å². The van der Waals surface area contributed by atoms with Gasteiger partial charge in [-0.25, -0.2) is 18.1 Å².